The van der Waals surface area contributed by atoms with E-state index in [1.807, 2.05) is 37.6 Å². The molecule has 2 heterocycles. The summed E-state index contributed by atoms with van der Waals surface area (Å²) in [5.74, 6) is -0.425. The average molecular weight is 478 g/mol. The first-order chi connectivity index (χ1) is 14.7. The molecule has 164 valence electrons. The summed E-state index contributed by atoms with van der Waals surface area (Å²) in [6.45, 7) is 4.45. The van der Waals surface area contributed by atoms with Gasteiger partial charge in [-0.2, -0.15) is 9.30 Å². The zero-order chi connectivity index (χ0) is 22.3. The van der Waals surface area contributed by atoms with Crippen molar-refractivity contribution >= 4 is 49.1 Å². The summed E-state index contributed by atoms with van der Waals surface area (Å²) >= 11 is 7.67. The van der Waals surface area contributed by atoms with E-state index in [0.717, 1.165) is 35.0 Å². The lowest BCUT2D eigenvalue weighted by molar-refractivity contribution is 0.0998. The summed E-state index contributed by atoms with van der Waals surface area (Å²) in [5.41, 5.74) is 2.33. The van der Waals surface area contributed by atoms with Crippen molar-refractivity contribution in [1.29, 1.82) is 0 Å². The molecule has 1 aromatic heterocycles. The van der Waals surface area contributed by atoms with Gasteiger partial charge in [-0.15, -0.1) is 0 Å². The van der Waals surface area contributed by atoms with Gasteiger partial charge in [0.15, 0.2) is 4.80 Å². The molecule has 1 aliphatic heterocycles. The third kappa shape index (κ3) is 4.09. The highest BCUT2D eigenvalue weighted by molar-refractivity contribution is 7.89. The molecule has 31 heavy (non-hydrogen) atoms. The lowest BCUT2D eigenvalue weighted by Crippen LogP contribution is -2.41. The van der Waals surface area contributed by atoms with Gasteiger partial charge in [-0.05, 0) is 62.6 Å². The number of hydrogen-bond acceptors (Lipinski definition) is 4. The Balaban J connectivity index is 1.65. The van der Waals surface area contributed by atoms with E-state index in [2.05, 4.69) is 4.99 Å². The molecule has 3 aromatic rings. The van der Waals surface area contributed by atoms with Gasteiger partial charge in [0.2, 0.25) is 10.0 Å². The number of carbonyl (C=O) groups is 1. The number of halogens is 1. The number of benzene rings is 2. The molecule has 0 bridgehead atoms. The molecule has 0 N–H and O–H groups in total. The summed E-state index contributed by atoms with van der Waals surface area (Å²) in [7, 11) is -1.72. The van der Waals surface area contributed by atoms with Crippen LogP contribution >= 0.6 is 22.9 Å². The molecule has 2 aromatic carbocycles. The van der Waals surface area contributed by atoms with Crippen molar-refractivity contribution in [3.05, 3.63) is 57.3 Å². The van der Waals surface area contributed by atoms with Crippen LogP contribution in [-0.2, 0) is 17.1 Å². The van der Waals surface area contributed by atoms with Gasteiger partial charge in [-0.1, -0.05) is 35.4 Å². The van der Waals surface area contributed by atoms with Crippen molar-refractivity contribution in [3.8, 4) is 0 Å². The SMILES string of the molecule is Cc1ccc(Cl)c2sc(=NC(=O)c3ccc(S(=O)(=O)N4CCCCC4C)cc3)n(C)c12. The molecule has 0 spiro atoms. The normalized spacial score (nSPS) is 18.6. The van der Waals surface area contributed by atoms with Crippen molar-refractivity contribution in [3.63, 3.8) is 0 Å². The van der Waals surface area contributed by atoms with Crippen molar-refractivity contribution in [2.75, 3.05) is 6.54 Å². The van der Waals surface area contributed by atoms with E-state index in [0.29, 0.717) is 21.9 Å². The standard InChI is InChI=1S/C22H24ClN3O3S2/c1-14-7-12-18(23)20-19(14)25(3)22(30-20)24-21(27)16-8-10-17(11-9-16)31(28,29)26-13-5-4-6-15(26)2/h7-12,15H,4-6,13H2,1-3H3. The minimum atomic E-state index is -3.57. The Bertz CT molecular complexity index is 1320. The van der Waals surface area contributed by atoms with Gasteiger partial charge < -0.3 is 4.57 Å². The first kappa shape index (κ1) is 22.2. The molecule has 0 radical (unpaired) electrons. The lowest BCUT2D eigenvalue weighted by Gasteiger charge is -2.32. The number of aryl methyl sites for hydroxylation is 2. The number of amides is 1. The predicted octanol–water partition coefficient (Wildman–Crippen LogP) is 4.51. The van der Waals surface area contributed by atoms with Crippen LogP contribution in [-0.4, -0.2) is 35.8 Å². The van der Waals surface area contributed by atoms with Crippen LogP contribution in [0.15, 0.2) is 46.3 Å². The van der Waals surface area contributed by atoms with Crippen LogP contribution in [0.25, 0.3) is 10.2 Å². The summed E-state index contributed by atoms with van der Waals surface area (Å²) in [5, 5.41) is 0.622. The number of thiazole rings is 1. The summed E-state index contributed by atoms with van der Waals surface area (Å²) < 4.78 is 30.3. The summed E-state index contributed by atoms with van der Waals surface area (Å²) in [6, 6.07) is 9.79. The number of aromatic nitrogens is 1. The molecule has 6 nitrogen and oxygen atoms in total. The molecule has 4 rings (SSSR count). The molecule has 0 aliphatic carbocycles. The van der Waals surface area contributed by atoms with Gasteiger partial charge in [-0.3, -0.25) is 4.79 Å². The quantitative estimate of drug-likeness (QED) is 0.557. The summed E-state index contributed by atoms with van der Waals surface area (Å²) in [6.07, 6.45) is 2.78. The Morgan fingerprint density at radius 1 is 1.16 bits per heavy atom. The van der Waals surface area contributed by atoms with E-state index >= 15 is 0 Å². The molecule has 1 fully saturated rings. The third-order valence-electron chi connectivity index (χ3n) is 5.75. The zero-order valence-electron chi connectivity index (χ0n) is 17.6. The Labute approximate surface area is 190 Å². The fourth-order valence-corrected chi connectivity index (χ4v) is 7.06. The lowest BCUT2D eigenvalue weighted by atomic mass is 10.1. The fraction of sp³-hybridized carbons (Fsp3) is 0.364. The van der Waals surface area contributed by atoms with E-state index in [1.54, 1.807) is 4.31 Å². The maximum absolute atomic E-state index is 13.0. The van der Waals surface area contributed by atoms with Crippen LogP contribution in [0.3, 0.4) is 0 Å². The molecular formula is C22H24ClN3O3S2. The predicted molar refractivity (Wildman–Crippen MR) is 124 cm³/mol. The van der Waals surface area contributed by atoms with Crippen molar-refractivity contribution in [2.24, 2.45) is 12.0 Å². The monoisotopic (exact) mass is 477 g/mol. The highest BCUT2D eigenvalue weighted by Crippen LogP contribution is 2.28. The van der Waals surface area contributed by atoms with E-state index in [9.17, 15) is 13.2 Å². The van der Waals surface area contributed by atoms with Gasteiger partial charge >= 0.3 is 0 Å². The van der Waals surface area contributed by atoms with Gasteiger partial charge in [0.05, 0.1) is 20.1 Å². The summed E-state index contributed by atoms with van der Waals surface area (Å²) in [4.78, 5) is 17.8. The van der Waals surface area contributed by atoms with Gasteiger partial charge in [0, 0.05) is 25.2 Å². The minimum Gasteiger partial charge on any atom is -0.319 e. The number of sulfonamides is 1. The molecule has 1 saturated heterocycles. The number of fused-ring (bicyclic) bond motifs is 1. The molecule has 1 aliphatic rings. The Morgan fingerprint density at radius 2 is 1.87 bits per heavy atom. The van der Waals surface area contributed by atoms with Crippen molar-refractivity contribution < 1.29 is 13.2 Å². The van der Waals surface area contributed by atoms with E-state index in [4.69, 9.17) is 11.6 Å². The first-order valence-corrected chi connectivity index (χ1v) is 12.8. The maximum atomic E-state index is 13.0. The number of carbonyl (C=O) groups excluding carboxylic acids is 1. The van der Waals surface area contributed by atoms with E-state index < -0.39 is 15.9 Å². The first-order valence-electron chi connectivity index (χ1n) is 10.2. The second kappa shape index (κ2) is 8.50. The Kier molecular flexibility index (Phi) is 6.09. The second-order valence-corrected chi connectivity index (χ2v) is 11.2. The third-order valence-corrected chi connectivity index (χ3v) is 9.37. The number of piperidine rings is 1. The fourth-order valence-electron chi connectivity index (χ4n) is 4.00. The van der Waals surface area contributed by atoms with Crippen molar-refractivity contribution in [1.82, 2.24) is 8.87 Å². The molecule has 0 saturated carbocycles. The maximum Gasteiger partial charge on any atom is 0.279 e. The van der Waals surface area contributed by atoms with Crippen LogP contribution in [0.4, 0.5) is 0 Å². The highest BCUT2D eigenvalue weighted by Gasteiger charge is 2.30. The van der Waals surface area contributed by atoms with Crippen molar-refractivity contribution in [2.45, 2.75) is 44.0 Å². The van der Waals surface area contributed by atoms with Crippen LogP contribution in [0.1, 0.15) is 42.1 Å². The molecule has 1 atom stereocenters. The Hall–Kier alpha value is -2.00. The number of rotatable bonds is 3. The molecule has 9 heteroatoms. The minimum absolute atomic E-state index is 0.0155. The van der Waals surface area contributed by atoms with E-state index in [-0.39, 0.29) is 10.9 Å². The van der Waals surface area contributed by atoms with Gasteiger partial charge in [-0.25, -0.2) is 8.42 Å². The van der Waals surface area contributed by atoms with Crippen LogP contribution in [0, 0.1) is 6.92 Å². The Morgan fingerprint density at radius 3 is 2.52 bits per heavy atom. The average Bonchev–Trinajstić information content (AvgIpc) is 3.08. The zero-order valence-corrected chi connectivity index (χ0v) is 20.0. The number of hydrogen-bond donors (Lipinski definition) is 0. The molecular weight excluding hydrogens is 454 g/mol. The van der Waals surface area contributed by atoms with Crippen LogP contribution < -0.4 is 4.80 Å². The smallest absolute Gasteiger partial charge is 0.279 e. The van der Waals surface area contributed by atoms with Gasteiger partial charge in [0.1, 0.15) is 0 Å². The number of nitrogens with zero attached hydrogens (tertiary/aromatic N) is 3. The largest absolute Gasteiger partial charge is 0.319 e. The highest BCUT2D eigenvalue weighted by atomic mass is 35.5. The van der Waals surface area contributed by atoms with Gasteiger partial charge in [0.25, 0.3) is 5.91 Å². The van der Waals surface area contributed by atoms with Crippen LogP contribution in [0.5, 0.6) is 0 Å². The second-order valence-electron chi connectivity index (χ2n) is 7.89. The van der Waals surface area contributed by atoms with E-state index in [1.165, 1.54) is 35.6 Å². The molecule has 1 amide bonds. The van der Waals surface area contributed by atoms with Crippen LogP contribution in [0.2, 0.25) is 5.02 Å². The topological polar surface area (TPSA) is 71.7 Å². The molecule has 1 unspecified atom stereocenters.